The van der Waals surface area contributed by atoms with Crippen LogP contribution in [0.5, 0.6) is 5.75 Å². The molecule has 2 aromatic carbocycles. The molecule has 1 amide bonds. The molecule has 140 valence electrons. The third-order valence-electron chi connectivity index (χ3n) is 4.61. The van der Waals surface area contributed by atoms with Gasteiger partial charge in [0.05, 0.1) is 19.1 Å². The maximum atomic E-state index is 12.5. The maximum absolute atomic E-state index is 12.5. The van der Waals surface area contributed by atoms with Crippen LogP contribution >= 0.6 is 11.6 Å². The number of benzene rings is 2. The van der Waals surface area contributed by atoms with Crippen LogP contribution in [0.25, 0.3) is 11.0 Å². The van der Waals surface area contributed by atoms with E-state index in [0.29, 0.717) is 28.5 Å². The molecule has 6 heteroatoms. The topological polar surface area (TPSA) is 68.5 Å². The lowest BCUT2D eigenvalue weighted by Gasteiger charge is -2.12. The molecule has 0 bridgehead atoms. The van der Waals surface area contributed by atoms with Crippen molar-refractivity contribution < 1.29 is 13.9 Å². The molecule has 0 atom stereocenters. The average Bonchev–Trinajstić information content (AvgIpc) is 2.65. The fourth-order valence-corrected chi connectivity index (χ4v) is 3.15. The van der Waals surface area contributed by atoms with Gasteiger partial charge in [-0.15, -0.1) is 0 Å². The van der Waals surface area contributed by atoms with E-state index in [0.717, 1.165) is 22.1 Å². The number of hydrogen-bond donors (Lipinski definition) is 1. The van der Waals surface area contributed by atoms with Gasteiger partial charge in [-0.3, -0.25) is 4.79 Å². The Hall–Kier alpha value is -2.79. The second kappa shape index (κ2) is 7.84. The lowest BCUT2D eigenvalue weighted by atomic mass is 10.0. The molecule has 0 saturated heterocycles. The molecule has 0 aliphatic carbocycles. The molecule has 0 aliphatic heterocycles. The van der Waals surface area contributed by atoms with Gasteiger partial charge in [0.2, 0.25) is 5.91 Å². The molecule has 1 aromatic heterocycles. The fraction of sp³-hybridized carbons (Fsp3) is 0.238. The average molecular weight is 386 g/mol. The zero-order chi connectivity index (χ0) is 19.6. The summed E-state index contributed by atoms with van der Waals surface area (Å²) in [6.45, 7) is 4.03. The molecule has 3 rings (SSSR count). The highest BCUT2D eigenvalue weighted by atomic mass is 35.5. The zero-order valence-corrected chi connectivity index (χ0v) is 16.1. The number of fused-ring (bicyclic) bond motifs is 1. The number of carbonyl (C=O) groups excluding carboxylic acids is 1. The number of halogens is 1. The van der Waals surface area contributed by atoms with E-state index in [1.807, 2.05) is 38.1 Å². The van der Waals surface area contributed by atoms with Gasteiger partial charge in [0.25, 0.3) is 0 Å². The predicted octanol–water partition coefficient (Wildman–Crippen LogP) is 3.93. The van der Waals surface area contributed by atoms with Crippen molar-refractivity contribution in [3.05, 3.63) is 74.1 Å². The predicted molar refractivity (Wildman–Crippen MR) is 106 cm³/mol. The third-order valence-corrected chi connectivity index (χ3v) is 4.87. The normalized spacial score (nSPS) is 10.8. The van der Waals surface area contributed by atoms with Crippen molar-refractivity contribution in [1.29, 1.82) is 0 Å². The molecule has 0 unspecified atom stereocenters. The summed E-state index contributed by atoms with van der Waals surface area (Å²) in [5.74, 6) is 0.406. The number of ether oxygens (including phenoxy) is 1. The molecule has 0 fully saturated rings. The monoisotopic (exact) mass is 385 g/mol. The van der Waals surface area contributed by atoms with Gasteiger partial charge < -0.3 is 14.5 Å². The number of hydrogen-bond acceptors (Lipinski definition) is 4. The Balaban J connectivity index is 1.83. The molecule has 1 N–H and O–H groups in total. The summed E-state index contributed by atoms with van der Waals surface area (Å²) in [5.41, 5.74) is 2.78. The highest BCUT2D eigenvalue weighted by Gasteiger charge is 2.17. The van der Waals surface area contributed by atoms with Crippen LogP contribution < -0.4 is 15.7 Å². The van der Waals surface area contributed by atoms with E-state index in [1.165, 1.54) is 0 Å². The summed E-state index contributed by atoms with van der Waals surface area (Å²) < 4.78 is 10.8. The number of methoxy groups -OCH3 is 1. The largest absolute Gasteiger partial charge is 0.496 e. The van der Waals surface area contributed by atoms with Crippen molar-refractivity contribution >= 4 is 28.5 Å². The first kappa shape index (κ1) is 19.0. The first-order valence-electron chi connectivity index (χ1n) is 8.51. The lowest BCUT2D eigenvalue weighted by molar-refractivity contribution is -0.120. The van der Waals surface area contributed by atoms with E-state index in [4.69, 9.17) is 20.8 Å². The number of amides is 1. The Morgan fingerprint density at radius 3 is 2.48 bits per heavy atom. The van der Waals surface area contributed by atoms with E-state index in [1.54, 1.807) is 19.2 Å². The maximum Gasteiger partial charge on any atom is 0.340 e. The van der Waals surface area contributed by atoms with Crippen LogP contribution in [0.4, 0.5) is 0 Å². The number of nitrogens with one attached hydrogen (secondary N) is 1. The van der Waals surface area contributed by atoms with Gasteiger partial charge in [-0.2, -0.15) is 0 Å². The second-order valence-electron chi connectivity index (χ2n) is 6.34. The first-order valence-corrected chi connectivity index (χ1v) is 8.89. The highest BCUT2D eigenvalue weighted by molar-refractivity contribution is 6.30. The number of rotatable bonds is 5. The van der Waals surface area contributed by atoms with Gasteiger partial charge in [0, 0.05) is 22.5 Å². The molecule has 0 saturated carbocycles. The molecule has 1 heterocycles. The highest BCUT2D eigenvalue weighted by Crippen LogP contribution is 2.29. The summed E-state index contributed by atoms with van der Waals surface area (Å²) >= 11 is 5.85. The van der Waals surface area contributed by atoms with Crippen LogP contribution in [0.15, 0.2) is 45.6 Å². The summed E-state index contributed by atoms with van der Waals surface area (Å²) in [5, 5.41) is 4.26. The summed E-state index contributed by atoms with van der Waals surface area (Å²) in [4.78, 5) is 24.8. The van der Waals surface area contributed by atoms with Crippen molar-refractivity contribution in [1.82, 2.24) is 5.32 Å². The number of carbonyl (C=O) groups is 1. The molecule has 0 spiro atoms. The number of aryl methyl sites for hydroxylation is 2. The molecule has 0 aliphatic rings. The van der Waals surface area contributed by atoms with Crippen molar-refractivity contribution in [2.45, 2.75) is 26.8 Å². The van der Waals surface area contributed by atoms with Crippen molar-refractivity contribution in [2.75, 3.05) is 7.11 Å². The van der Waals surface area contributed by atoms with Gasteiger partial charge >= 0.3 is 5.63 Å². The van der Waals surface area contributed by atoms with E-state index in [2.05, 4.69) is 5.32 Å². The Morgan fingerprint density at radius 2 is 1.81 bits per heavy atom. The van der Waals surface area contributed by atoms with Crippen LogP contribution in [0.1, 0.15) is 22.3 Å². The minimum Gasteiger partial charge on any atom is -0.496 e. The Kier molecular flexibility index (Phi) is 5.51. The Morgan fingerprint density at radius 1 is 1.11 bits per heavy atom. The smallest absolute Gasteiger partial charge is 0.340 e. The van der Waals surface area contributed by atoms with Crippen LogP contribution in [0.2, 0.25) is 5.02 Å². The van der Waals surface area contributed by atoms with E-state index in [-0.39, 0.29) is 12.3 Å². The van der Waals surface area contributed by atoms with E-state index >= 15 is 0 Å². The Bertz CT molecular complexity index is 1050. The molecule has 27 heavy (non-hydrogen) atoms. The van der Waals surface area contributed by atoms with Gasteiger partial charge in [-0.25, -0.2) is 4.79 Å². The Labute approximate surface area is 161 Å². The lowest BCUT2D eigenvalue weighted by Crippen LogP contribution is -2.27. The standard InChI is InChI=1S/C21H20ClNO4/c1-12-16-8-9-18(26-3)13(2)20(16)27-21(25)17(12)10-19(24)23-11-14-4-6-15(22)7-5-14/h4-9H,10-11H2,1-3H3,(H,23,24). The first-order chi connectivity index (χ1) is 12.9. The minimum atomic E-state index is -0.502. The van der Waals surface area contributed by atoms with Crippen LogP contribution in [-0.4, -0.2) is 13.0 Å². The van der Waals surface area contributed by atoms with E-state index < -0.39 is 5.63 Å². The molecule has 5 nitrogen and oxygen atoms in total. The van der Waals surface area contributed by atoms with Crippen molar-refractivity contribution in [3.63, 3.8) is 0 Å². The van der Waals surface area contributed by atoms with Gasteiger partial charge in [-0.1, -0.05) is 23.7 Å². The van der Waals surface area contributed by atoms with Crippen LogP contribution in [0, 0.1) is 13.8 Å². The van der Waals surface area contributed by atoms with Gasteiger partial charge in [0.1, 0.15) is 11.3 Å². The third kappa shape index (κ3) is 3.98. The van der Waals surface area contributed by atoms with Crippen LogP contribution in [-0.2, 0) is 17.8 Å². The molecule has 0 radical (unpaired) electrons. The van der Waals surface area contributed by atoms with Gasteiger partial charge in [-0.05, 0) is 49.2 Å². The molecular weight excluding hydrogens is 366 g/mol. The van der Waals surface area contributed by atoms with Crippen molar-refractivity contribution in [3.8, 4) is 5.75 Å². The molecule has 3 aromatic rings. The summed E-state index contributed by atoms with van der Waals surface area (Å²) in [6.07, 6.45) is -0.0389. The molecular formula is C21H20ClNO4. The van der Waals surface area contributed by atoms with Crippen LogP contribution in [0.3, 0.4) is 0 Å². The summed E-state index contributed by atoms with van der Waals surface area (Å²) in [6, 6.07) is 10.9. The van der Waals surface area contributed by atoms with Gasteiger partial charge in [0.15, 0.2) is 0 Å². The van der Waals surface area contributed by atoms with E-state index in [9.17, 15) is 9.59 Å². The zero-order valence-electron chi connectivity index (χ0n) is 15.4. The van der Waals surface area contributed by atoms with Crippen molar-refractivity contribution in [2.24, 2.45) is 0 Å². The minimum absolute atomic E-state index is 0.0389. The second-order valence-corrected chi connectivity index (χ2v) is 6.78. The fourth-order valence-electron chi connectivity index (χ4n) is 3.02. The quantitative estimate of drug-likeness (QED) is 0.675. The SMILES string of the molecule is COc1ccc2c(C)c(CC(=O)NCc3ccc(Cl)cc3)c(=O)oc2c1C. The summed E-state index contributed by atoms with van der Waals surface area (Å²) in [7, 11) is 1.57.